The number of hydrogen-bond acceptors (Lipinski definition) is 3. The van der Waals surface area contributed by atoms with Gasteiger partial charge in [-0.3, -0.25) is 4.79 Å². The monoisotopic (exact) mass is 338 g/mol. The number of para-hydroxylation sites is 2. The number of carbonyl (C=O) groups is 1. The minimum Gasteiger partial charge on any atom is -0.453 e. The Balaban J connectivity index is 2.35. The Hall–Kier alpha value is -2.08. The van der Waals surface area contributed by atoms with E-state index in [2.05, 4.69) is 21.2 Å². The molecule has 2 aromatic rings. The van der Waals surface area contributed by atoms with Gasteiger partial charge in [-0.25, -0.2) is 4.39 Å². The number of benzene rings is 2. The first-order chi connectivity index (χ1) is 9.47. The van der Waals surface area contributed by atoms with Crippen LogP contribution in [0.3, 0.4) is 0 Å². The van der Waals surface area contributed by atoms with Crippen molar-refractivity contribution in [1.82, 2.24) is 0 Å². The molecular weight excluding hydrogens is 327 g/mol. The normalized spacial score (nSPS) is 10.2. The molecule has 1 amide bonds. The number of ether oxygens (including phenoxy) is 1. The second-order valence-corrected chi connectivity index (χ2v) is 4.94. The van der Waals surface area contributed by atoms with Gasteiger partial charge in [-0.2, -0.15) is 0 Å². The Morgan fingerprint density at radius 2 is 2.00 bits per heavy atom. The molecule has 3 N–H and O–H groups in total. The zero-order valence-electron chi connectivity index (χ0n) is 10.6. The number of carbonyl (C=O) groups excluding carboxylic acids is 1. The molecule has 0 bridgehead atoms. The highest BCUT2D eigenvalue weighted by molar-refractivity contribution is 9.10. The molecule has 0 aliphatic heterocycles. The summed E-state index contributed by atoms with van der Waals surface area (Å²) in [6, 6.07) is 9.44. The highest BCUT2D eigenvalue weighted by Crippen LogP contribution is 2.35. The first-order valence-corrected chi connectivity index (χ1v) is 6.55. The van der Waals surface area contributed by atoms with E-state index in [9.17, 15) is 9.18 Å². The van der Waals surface area contributed by atoms with Crippen LogP contribution in [-0.2, 0) is 4.79 Å². The summed E-state index contributed by atoms with van der Waals surface area (Å²) in [6.45, 7) is 1.39. The van der Waals surface area contributed by atoms with E-state index in [0.717, 1.165) is 0 Å². The SMILES string of the molecule is CC(=O)Nc1ccccc1Oc1cc(F)c(Br)cc1N. The molecule has 0 aliphatic rings. The quantitative estimate of drug-likeness (QED) is 0.833. The fraction of sp³-hybridized carbons (Fsp3) is 0.0714. The third-order valence-electron chi connectivity index (χ3n) is 2.47. The standard InChI is InChI=1S/C14H12BrFN2O2/c1-8(19)18-12-4-2-3-5-13(12)20-14-7-10(16)9(15)6-11(14)17/h2-7H,17H2,1H3,(H,18,19). The van der Waals surface area contributed by atoms with Crippen molar-refractivity contribution in [2.45, 2.75) is 6.92 Å². The first-order valence-electron chi connectivity index (χ1n) is 5.76. The van der Waals surface area contributed by atoms with Crippen LogP contribution in [0.1, 0.15) is 6.92 Å². The van der Waals surface area contributed by atoms with Crippen LogP contribution in [0.5, 0.6) is 11.5 Å². The summed E-state index contributed by atoms with van der Waals surface area (Å²) in [4.78, 5) is 11.1. The van der Waals surface area contributed by atoms with Gasteiger partial charge in [-0.15, -0.1) is 0 Å². The zero-order chi connectivity index (χ0) is 14.7. The summed E-state index contributed by atoms with van der Waals surface area (Å²) in [5.41, 5.74) is 6.56. The third kappa shape index (κ3) is 3.27. The van der Waals surface area contributed by atoms with E-state index in [1.807, 2.05) is 0 Å². The fourth-order valence-electron chi connectivity index (χ4n) is 1.60. The topological polar surface area (TPSA) is 64.3 Å². The number of rotatable bonds is 3. The second kappa shape index (κ2) is 5.92. The maximum Gasteiger partial charge on any atom is 0.221 e. The third-order valence-corrected chi connectivity index (χ3v) is 3.08. The summed E-state index contributed by atoms with van der Waals surface area (Å²) in [7, 11) is 0. The Morgan fingerprint density at radius 3 is 2.70 bits per heavy atom. The molecule has 0 saturated carbocycles. The number of anilines is 2. The van der Waals surface area contributed by atoms with Crippen LogP contribution in [0.2, 0.25) is 0 Å². The molecule has 2 rings (SSSR count). The van der Waals surface area contributed by atoms with Gasteiger partial charge in [0.15, 0.2) is 11.5 Å². The maximum atomic E-state index is 13.5. The molecule has 104 valence electrons. The highest BCUT2D eigenvalue weighted by Gasteiger charge is 2.11. The van der Waals surface area contributed by atoms with Gasteiger partial charge in [0.1, 0.15) is 5.82 Å². The first kappa shape index (κ1) is 14.3. The summed E-state index contributed by atoms with van der Waals surface area (Å²) in [5, 5.41) is 2.63. The Morgan fingerprint density at radius 1 is 1.30 bits per heavy atom. The highest BCUT2D eigenvalue weighted by atomic mass is 79.9. The lowest BCUT2D eigenvalue weighted by Gasteiger charge is -2.13. The lowest BCUT2D eigenvalue weighted by Crippen LogP contribution is -2.07. The van der Waals surface area contributed by atoms with Gasteiger partial charge >= 0.3 is 0 Å². The van der Waals surface area contributed by atoms with Crippen LogP contribution in [0.4, 0.5) is 15.8 Å². The van der Waals surface area contributed by atoms with E-state index < -0.39 is 5.82 Å². The molecule has 0 saturated heterocycles. The van der Waals surface area contributed by atoms with Crippen LogP contribution in [0.15, 0.2) is 40.9 Å². The molecule has 0 fully saturated rings. The van der Waals surface area contributed by atoms with Gasteiger partial charge in [-0.05, 0) is 34.1 Å². The van der Waals surface area contributed by atoms with Crippen molar-refractivity contribution in [2.75, 3.05) is 11.1 Å². The predicted octanol–water partition coefficient (Wildman–Crippen LogP) is 3.92. The molecule has 0 spiro atoms. The summed E-state index contributed by atoms with van der Waals surface area (Å²) in [6.07, 6.45) is 0. The number of nitrogen functional groups attached to an aromatic ring is 1. The van der Waals surface area contributed by atoms with Crippen molar-refractivity contribution < 1.29 is 13.9 Å². The lowest BCUT2D eigenvalue weighted by molar-refractivity contribution is -0.114. The van der Waals surface area contributed by atoms with Crippen molar-refractivity contribution in [2.24, 2.45) is 0 Å². The summed E-state index contributed by atoms with van der Waals surface area (Å²) < 4.78 is 19.4. The molecule has 0 aliphatic carbocycles. The van der Waals surface area contributed by atoms with E-state index in [0.29, 0.717) is 11.4 Å². The van der Waals surface area contributed by atoms with Gasteiger partial charge in [0.25, 0.3) is 0 Å². The fourth-order valence-corrected chi connectivity index (χ4v) is 1.96. The smallest absolute Gasteiger partial charge is 0.221 e. The van der Waals surface area contributed by atoms with E-state index >= 15 is 0 Å². The van der Waals surface area contributed by atoms with Crippen LogP contribution in [0, 0.1) is 5.82 Å². The summed E-state index contributed by atoms with van der Waals surface area (Å²) in [5.74, 6) is -0.137. The van der Waals surface area contributed by atoms with Crippen LogP contribution in [0.25, 0.3) is 0 Å². The van der Waals surface area contributed by atoms with Crippen LogP contribution in [-0.4, -0.2) is 5.91 Å². The largest absolute Gasteiger partial charge is 0.453 e. The van der Waals surface area contributed by atoms with Crippen LogP contribution >= 0.6 is 15.9 Å². The molecular formula is C14H12BrFN2O2. The number of amides is 1. The van der Waals surface area contributed by atoms with Crippen LogP contribution < -0.4 is 15.8 Å². The molecule has 6 heteroatoms. The maximum absolute atomic E-state index is 13.5. The van der Waals surface area contributed by atoms with Gasteiger partial charge < -0.3 is 15.8 Å². The van der Waals surface area contributed by atoms with Gasteiger partial charge in [0.2, 0.25) is 5.91 Å². The molecule has 0 aromatic heterocycles. The number of hydrogen-bond donors (Lipinski definition) is 2. The molecule has 0 unspecified atom stereocenters. The van der Waals surface area contributed by atoms with E-state index in [1.165, 1.54) is 19.1 Å². The Kier molecular flexibility index (Phi) is 4.24. The number of halogens is 2. The van der Waals surface area contributed by atoms with Crippen molar-refractivity contribution in [3.63, 3.8) is 0 Å². The van der Waals surface area contributed by atoms with E-state index in [1.54, 1.807) is 24.3 Å². The molecule has 0 heterocycles. The second-order valence-electron chi connectivity index (χ2n) is 4.08. The minimum atomic E-state index is -0.480. The van der Waals surface area contributed by atoms with Gasteiger partial charge in [-0.1, -0.05) is 12.1 Å². The molecule has 20 heavy (non-hydrogen) atoms. The zero-order valence-corrected chi connectivity index (χ0v) is 12.2. The number of nitrogens with two attached hydrogens (primary N) is 1. The molecule has 0 radical (unpaired) electrons. The van der Waals surface area contributed by atoms with Crippen molar-refractivity contribution in [3.05, 3.63) is 46.7 Å². The van der Waals surface area contributed by atoms with Gasteiger partial charge in [0, 0.05) is 13.0 Å². The average molecular weight is 339 g/mol. The lowest BCUT2D eigenvalue weighted by atomic mass is 10.2. The summed E-state index contributed by atoms with van der Waals surface area (Å²) >= 11 is 3.05. The van der Waals surface area contributed by atoms with Crippen molar-refractivity contribution in [1.29, 1.82) is 0 Å². The van der Waals surface area contributed by atoms with E-state index in [-0.39, 0.29) is 21.8 Å². The van der Waals surface area contributed by atoms with Gasteiger partial charge in [0.05, 0.1) is 15.8 Å². The molecule has 4 nitrogen and oxygen atoms in total. The molecule has 2 aromatic carbocycles. The van der Waals surface area contributed by atoms with Crippen molar-refractivity contribution in [3.8, 4) is 11.5 Å². The predicted molar refractivity (Wildman–Crippen MR) is 79.3 cm³/mol. The molecule has 0 atom stereocenters. The van der Waals surface area contributed by atoms with E-state index in [4.69, 9.17) is 10.5 Å². The Labute approximate surface area is 123 Å². The average Bonchev–Trinajstić information content (AvgIpc) is 2.37. The van der Waals surface area contributed by atoms with Crippen molar-refractivity contribution >= 4 is 33.2 Å². The number of nitrogens with one attached hydrogen (secondary N) is 1. The minimum absolute atomic E-state index is 0.184. The Bertz CT molecular complexity index is 662.